The minimum atomic E-state index is -4.43. The van der Waals surface area contributed by atoms with E-state index < -0.39 is 17.9 Å². The Labute approximate surface area is 79.9 Å². The molecule has 1 aromatic heterocycles. The van der Waals surface area contributed by atoms with Gasteiger partial charge in [0.05, 0.1) is 0 Å². The molecule has 0 radical (unpaired) electrons. The average Bonchev–Trinajstić information content (AvgIpc) is 2.15. The van der Waals surface area contributed by atoms with Gasteiger partial charge in [-0.2, -0.15) is 13.2 Å². The monoisotopic (exact) mass is 204 g/mol. The minimum Gasteiger partial charge on any atom is -0.324 e. The van der Waals surface area contributed by atoms with Gasteiger partial charge in [0.25, 0.3) is 0 Å². The van der Waals surface area contributed by atoms with Crippen LogP contribution in [0.5, 0.6) is 0 Å². The number of pyridine rings is 1. The molecule has 0 bridgehead atoms. The van der Waals surface area contributed by atoms with Crippen molar-refractivity contribution in [1.29, 1.82) is 0 Å². The standard InChI is InChI=1S/C9H11F3N2/c1-2-7(13)6-4-3-5-14-8(6)9(10,11)12/h3-5,7H,2,13H2,1H3/t7-/m1/s1. The number of halogens is 3. The van der Waals surface area contributed by atoms with Crippen molar-refractivity contribution >= 4 is 0 Å². The molecular weight excluding hydrogens is 193 g/mol. The summed E-state index contributed by atoms with van der Waals surface area (Å²) in [6.07, 6.45) is -2.85. The SMILES string of the molecule is CC[C@@H](N)c1cccnc1C(F)(F)F. The number of alkyl halides is 3. The molecule has 0 saturated heterocycles. The van der Waals surface area contributed by atoms with E-state index in [1.165, 1.54) is 12.1 Å². The predicted molar refractivity (Wildman–Crippen MR) is 46.5 cm³/mol. The zero-order valence-corrected chi connectivity index (χ0v) is 7.67. The Morgan fingerprint density at radius 2 is 2.14 bits per heavy atom. The fraction of sp³-hybridized carbons (Fsp3) is 0.444. The molecule has 1 aromatic rings. The summed E-state index contributed by atoms with van der Waals surface area (Å²) in [5, 5.41) is 0. The summed E-state index contributed by atoms with van der Waals surface area (Å²) in [6.45, 7) is 1.73. The quantitative estimate of drug-likeness (QED) is 0.803. The number of hydrogen-bond donors (Lipinski definition) is 1. The van der Waals surface area contributed by atoms with Gasteiger partial charge in [-0.05, 0) is 18.1 Å². The van der Waals surface area contributed by atoms with Gasteiger partial charge in [-0.25, -0.2) is 0 Å². The van der Waals surface area contributed by atoms with E-state index in [1.807, 2.05) is 0 Å². The van der Waals surface area contributed by atoms with E-state index in [4.69, 9.17) is 5.73 Å². The summed E-state index contributed by atoms with van der Waals surface area (Å²) in [5.74, 6) is 0. The van der Waals surface area contributed by atoms with E-state index in [1.54, 1.807) is 6.92 Å². The third kappa shape index (κ3) is 2.23. The van der Waals surface area contributed by atoms with E-state index in [2.05, 4.69) is 4.98 Å². The highest BCUT2D eigenvalue weighted by molar-refractivity contribution is 5.25. The molecule has 0 aromatic carbocycles. The Morgan fingerprint density at radius 3 is 2.64 bits per heavy atom. The molecule has 0 saturated carbocycles. The molecule has 2 nitrogen and oxygen atoms in total. The first-order chi connectivity index (χ1) is 6.46. The molecule has 0 spiro atoms. The molecular formula is C9H11F3N2. The maximum atomic E-state index is 12.4. The van der Waals surface area contributed by atoms with Crippen LogP contribution in [0.15, 0.2) is 18.3 Å². The lowest BCUT2D eigenvalue weighted by Gasteiger charge is -2.15. The van der Waals surface area contributed by atoms with Crippen LogP contribution in [-0.2, 0) is 6.18 Å². The van der Waals surface area contributed by atoms with Crippen LogP contribution in [0, 0.1) is 0 Å². The largest absolute Gasteiger partial charge is 0.433 e. The Kier molecular flexibility index (Phi) is 3.10. The van der Waals surface area contributed by atoms with Crippen LogP contribution in [0.4, 0.5) is 13.2 Å². The van der Waals surface area contributed by atoms with Crippen molar-refractivity contribution < 1.29 is 13.2 Å². The van der Waals surface area contributed by atoms with Gasteiger partial charge < -0.3 is 5.73 Å². The number of rotatable bonds is 2. The van der Waals surface area contributed by atoms with Crippen LogP contribution in [0.1, 0.15) is 30.6 Å². The lowest BCUT2D eigenvalue weighted by molar-refractivity contribution is -0.142. The van der Waals surface area contributed by atoms with E-state index in [-0.39, 0.29) is 5.56 Å². The number of nitrogens with zero attached hydrogens (tertiary/aromatic N) is 1. The summed E-state index contributed by atoms with van der Waals surface area (Å²) < 4.78 is 37.3. The van der Waals surface area contributed by atoms with Crippen molar-refractivity contribution in [3.63, 3.8) is 0 Å². The molecule has 1 atom stereocenters. The molecule has 1 heterocycles. The molecule has 5 heteroatoms. The zero-order valence-electron chi connectivity index (χ0n) is 7.67. The Hall–Kier alpha value is -1.10. The third-order valence-electron chi connectivity index (χ3n) is 1.95. The van der Waals surface area contributed by atoms with Crippen molar-refractivity contribution in [1.82, 2.24) is 4.98 Å². The summed E-state index contributed by atoms with van der Waals surface area (Å²) in [6, 6.07) is 2.21. The maximum Gasteiger partial charge on any atom is 0.433 e. The van der Waals surface area contributed by atoms with Gasteiger partial charge in [0.2, 0.25) is 0 Å². The summed E-state index contributed by atoms with van der Waals surface area (Å²) in [7, 11) is 0. The third-order valence-corrected chi connectivity index (χ3v) is 1.95. The predicted octanol–water partition coefficient (Wildman–Crippen LogP) is 2.51. The smallest absolute Gasteiger partial charge is 0.324 e. The second kappa shape index (κ2) is 3.96. The summed E-state index contributed by atoms with van der Waals surface area (Å²) >= 11 is 0. The lowest BCUT2D eigenvalue weighted by atomic mass is 10.0. The van der Waals surface area contributed by atoms with Crippen LogP contribution in [-0.4, -0.2) is 4.98 Å². The normalized spacial score (nSPS) is 14.1. The molecule has 0 aliphatic rings. The van der Waals surface area contributed by atoms with Gasteiger partial charge in [-0.3, -0.25) is 4.98 Å². The number of hydrogen-bond acceptors (Lipinski definition) is 2. The van der Waals surface area contributed by atoms with Crippen LogP contribution < -0.4 is 5.73 Å². The zero-order chi connectivity index (χ0) is 10.8. The molecule has 0 aliphatic heterocycles. The van der Waals surface area contributed by atoms with Crippen molar-refractivity contribution in [3.8, 4) is 0 Å². The van der Waals surface area contributed by atoms with Crippen LogP contribution >= 0.6 is 0 Å². The number of aromatic nitrogens is 1. The topological polar surface area (TPSA) is 38.9 Å². The van der Waals surface area contributed by atoms with Gasteiger partial charge in [0.15, 0.2) is 0 Å². The molecule has 1 rings (SSSR count). The van der Waals surface area contributed by atoms with Crippen LogP contribution in [0.3, 0.4) is 0 Å². The van der Waals surface area contributed by atoms with Crippen molar-refractivity contribution in [2.45, 2.75) is 25.6 Å². The highest BCUT2D eigenvalue weighted by Gasteiger charge is 2.35. The van der Waals surface area contributed by atoms with Crippen LogP contribution in [0.2, 0.25) is 0 Å². The van der Waals surface area contributed by atoms with Crippen LogP contribution in [0.25, 0.3) is 0 Å². The molecule has 0 unspecified atom stereocenters. The molecule has 14 heavy (non-hydrogen) atoms. The van der Waals surface area contributed by atoms with E-state index in [9.17, 15) is 13.2 Å². The molecule has 0 aliphatic carbocycles. The van der Waals surface area contributed by atoms with Crippen molar-refractivity contribution in [2.24, 2.45) is 5.73 Å². The van der Waals surface area contributed by atoms with E-state index >= 15 is 0 Å². The Morgan fingerprint density at radius 1 is 1.50 bits per heavy atom. The first kappa shape index (κ1) is 11.0. The van der Waals surface area contributed by atoms with Gasteiger partial charge in [-0.1, -0.05) is 13.0 Å². The highest BCUT2D eigenvalue weighted by Crippen LogP contribution is 2.32. The van der Waals surface area contributed by atoms with Crippen molar-refractivity contribution in [2.75, 3.05) is 0 Å². The van der Waals surface area contributed by atoms with E-state index in [0.717, 1.165) is 6.20 Å². The van der Waals surface area contributed by atoms with Gasteiger partial charge >= 0.3 is 6.18 Å². The average molecular weight is 204 g/mol. The summed E-state index contributed by atoms with van der Waals surface area (Å²) in [5.41, 5.74) is 4.73. The lowest BCUT2D eigenvalue weighted by Crippen LogP contribution is -2.18. The first-order valence-corrected chi connectivity index (χ1v) is 4.24. The summed E-state index contributed by atoms with van der Waals surface area (Å²) in [4.78, 5) is 3.31. The van der Waals surface area contributed by atoms with Gasteiger partial charge in [0, 0.05) is 12.2 Å². The van der Waals surface area contributed by atoms with Crippen molar-refractivity contribution in [3.05, 3.63) is 29.6 Å². The second-order valence-electron chi connectivity index (χ2n) is 2.95. The van der Waals surface area contributed by atoms with Gasteiger partial charge in [0.1, 0.15) is 5.69 Å². The molecule has 2 N–H and O–H groups in total. The number of nitrogens with two attached hydrogens (primary N) is 1. The second-order valence-corrected chi connectivity index (χ2v) is 2.95. The van der Waals surface area contributed by atoms with E-state index in [0.29, 0.717) is 6.42 Å². The molecule has 0 fully saturated rings. The first-order valence-electron chi connectivity index (χ1n) is 4.24. The Bertz CT molecular complexity index is 309. The Balaban J connectivity index is 3.16. The maximum absolute atomic E-state index is 12.4. The van der Waals surface area contributed by atoms with Gasteiger partial charge in [-0.15, -0.1) is 0 Å². The highest BCUT2D eigenvalue weighted by atomic mass is 19.4. The minimum absolute atomic E-state index is 0.0579. The molecule has 0 amide bonds. The fourth-order valence-electron chi connectivity index (χ4n) is 1.17. The molecule has 78 valence electrons. The fourth-order valence-corrected chi connectivity index (χ4v) is 1.17.